The van der Waals surface area contributed by atoms with E-state index in [-0.39, 0.29) is 6.04 Å². The van der Waals surface area contributed by atoms with Crippen LogP contribution >= 0.6 is 0 Å². The van der Waals surface area contributed by atoms with Gasteiger partial charge in [-0.05, 0) is 52.3 Å². The summed E-state index contributed by atoms with van der Waals surface area (Å²) in [5, 5.41) is 8.15. The Balaban J connectivity index is 2.44. The SMILES string of the molecule is CCCNC(C)c1cccnc1-n1nc(C)c(C)c1C. The van der Waals surface area contributed by atoms with Crippen molar-refractivity contribution in [3.05, 3.63) is 40.8 Å². The van der Waals surface area contributed by atoms with Crippen LogP contribution in [0.4, 0.5) is 0 Å². The zero-order valence-electron chi connectivity index (χ0n) is 13.1. The first-order valence-electron chi connectivity index (χ1n) is 7.27. The number of nitrogens with one attached hydrogen (secondary N) is 1. The lowest BCUT2D eigenvalue weighted by molar-refractivity contribution is 0.563. The van der Waals surface area contributed by atoms with Crippen LogP contribution in [-0.2, 0) is 0 Å². The van der Waals surface area contributed by atoms with Crippen LogP contribution in [-0.4, -0.2) is 21.3 Å². The fraction of sp³-hybridized carbons (Fsp3) is 0.500. The second-order valence-corrected chi connectivity index (χ2v) is 5.30. The first kappa shape index (κ1) is 14.7. The summed E-state index contributed by atoms with van der Waals surface area (Å²) in [7, 11) is 0. The molecule has 0 aliphatic heterocycles. The molecule has 1 atom stereocenters. The Hall–Kier alpha value is -1.68. The van der Waals surface area contributed by atoms with E-state index in [1.165, 1.54) is 11.1 Å². The molecule has 20 heavy (non-hydrogen) atoms. The fourth-order valence-corrected chi connectivity index (χ4v) is 2.32. The molecule has 0 saturated heterocycles. The molecule has 1 N–H and O–H groups in total. The number of rotatable bonds is 5. The third-order valence-corrected chi connectivity index (χ3v) is 3.84. The average molecular weight is 272 g/mol. The number of pyridine rings is 1. The van der Waals surface area contributed by atoms with E-state index in [0.717, 1.165) is 30.2 Å². The van der Waals surface area contributed by atoms with Crippen LogP contribution in [0.3, 0.4) is 0 Å². The molecule has 4 nitrogen and oxygen atoms in total. The van der Waals surface area contributed by atoms with Gasteiger partial charge in [0.05, 0.1) is 5.69 Å². The molecule has 0 bridgehead atoms. The van der Waals surface area contributed by atoms with Crippen molar-refractivity contribution in [2.45, 2.75) is 47.1 Å². The highest BCUT2D eigenvalue weighted by atomic mass is 15.3. The Morgan fingerprint density at radius 1 is 1.30 bits per heavy atom. The second-order valence-electron chi connectivity index (χ2n) is 5.30. The summed E-state index contributed by atoms with van der Waals surface area (Å²) < 4.78 is 1.96. The van der Waals surface area contributed by atoms with Crippen molar-refractivity contribution in [3.8, 4) is 5.82 Å². The lowest BCUT2D eigenvalue weighted by Crippen LogP contribution is -2.21. The van der Waals surface area contributed by atoms with Crippen molar-refractivity contribution in [1.29, 1.82) is 0 Å². The fourth-order valence-electron chi connectivity index (χ4n) is 2.32. The Morgan fingerprint density at radius 3 is 2.65 bits per heavy atom. The highest BCUT2D eigenvalue weighted by molar-refractivity contribution is 5.39. The van der Waals surface area contributed by atoms with Crippen molar-refractivity contribution in [2.75, 3.05) is 6.54 Å². The van der Waals surface area contributed by atoms with Crippen LogP contribution < -0.4 is 5.32 Å². The molecule has 2 rings (SSSR count). The van der Waals surface area contributed by atoms with Gasteiger partial charge in [0.1, 0.15) is 0 Å². The largest absolute Gasteiger partial charge is 0.310 e. The molecule has 0 spiro atoms. The monoisotopic (exact) mass is 272 g/mol. The highest BCUT2D eigenvalue weighted by Gasteiger charge is 2.16. The predicted molar refractivity (Wildman–Crippen MR) is 82.3 cm³/mol. The van der Waals surface area contributed by atoms with Gasteiger partial charge >= 0.3 is 0 Å². The third-order valence-electron chi connectivity index (χ3n) is 3.84. The summed E-state index contributed by atoms with van der Waals surface area (Å²) in [5.41, 5.74) is 4.64. The van der Waals surface area contributed by atoms with E-state index in [2.05, 4.69) is 49.2 Å². The second kappa shape index (κ2) is 6.18. The highest BCUT2D eigenvalue weighted by Crippen LogP contribution is 2.22. The topological polar surface area (TPSA) is 42.7 Å². The molecule has 0 aliphatic rings. The Kier molecular flexibility index (Phi) is 4.55. The van der Waals surface area contributed by atoms with Crippen molar-refractivity contribution in [3.63, 3.8) is 0 Å². The minimum Gasteiger partial charge on any atom is -0.310 e. The molecule has 0 amide bonds. The van der Waals surface area contributed by atoms with Crippen LogP contribution in [0.5, 0.6) is 0 Å². The molecule has 0 aliphatic carbocycles. The van der Waals surface area contributed by atoms with Gasteiger partial charge in [-0.15, -0.1) is 0 Å². The molecule has 2 aromatic heterocycles. The van der Waals surface area contributed by atoms with Gasteiger partial charge in [0.25, 0.3) is 0 Å². The van der Waals surface area contributed by atoms with Crippen molar-refractivity contribution >= 4 is 0 Å². The minimum atomic E-state index is 0.267. The standard InChI is InChI=1S/C16H24N4/c1-6-9-17-13(4)15-8-7-10-18-16(15)20-14(5)11(2)12(3)19-20/h7-8,10,13,17H,6,9H2,1-5H3. The number of hydrogen-bond donors (Lipinski definition) is 1. The molecule has 2 heterocycles. The predicted octanol–water partition coefficient (Wildman–Crippen LogP) is 3.25. The Labute approximate surface area is 121 Å². The van der Waals surface area contributed by atoms with Gasteiger partial charge < -0.3 is 5.32 Å². The van der Waals surface area contributed by atoms with Crippen LogP contribution in [0.1, 0.15) is 48.8 Å². The van der Waals surface area contributed by atoms with Crippen molar-refractivity contribution in [2.24, 2.45) is 0 Å². The smallest absolute Gasteiger partial charge is 0.158 e. The molecular formula is C16H24N4. The summed E-state index contributed by atoms with van der Waals surface area (Å²) in [4.78, 5) is 4.55. The first-order valence-corrected chi connectivity index (χ1v) is 7.27. The molecule has 0 fully saturated rings. The summed E-state index contributed by atoms with van der Waals surface area (Å²) >= 11 is 0. The number of aromatic nitrogens is 3. The van der Waals surface area contributed by atoms with E-state index < -0.39 is 0 Å². The summed E-state index contributed by atoms with van der Waals surface area (Å²) in [6.45, 7) is 11.6. The van der Waals surface area contributed by atoms with Gasteiger partial charge in [-0.25, -0.2) is 9.67 Å². The van der Waals surface area contributed by atoms with Gasteiger partial charge in [0.2, 0.25) is 0 Å². The maximum absolute atomic E-state index is 4.63. The van der Waals surface area contributed by atoms with Gasteiger partial charge in [0.15, 0.2) is 5.82 Å². The van der Waals surface area contributed by atoms with E-state index in [4.69, 9.17) is 0 Å². The molecule has 0 radical (unpaired) electrons. The van der Waals surface area contributed by atoms with Gasteiger partial charge in [-0.2, -0.15) is 5.10 Å². The number of hydrogen-bond acceptors (Lipinski definition) is 3. The lowest BCUT2D eigenvalue weighted by Gasteiger charge is -2.17. The van der Waals surface area contributed by atoms with Crippen molar-refractivity contribution in [1.82, 2.24) is 20.1 Å². The van der Waals surface area contributed by atoms with E-state index in [1.54, 1.807) is 0 Å². The lowest BCUT2D eigenvalue weighted by atomic mass is 10.1. The summed E-state index contributed by atoms with van der Waals surface area (Å²) in [6, 6.07) is 4.38. The molecule has 4 heteroatoms. The third kappa shape index (κ3) is 2.75. The molecule has 0 saturated carbocycles. The molecule has 108 valence electrons. The maximum atomic E-state index is 4.63. The van der Waals surface area contributed by atoms with Crippen LogP contribution in [0.2, 0.25) is 0 Å². The van der Waals surface area contributed by atoms with Gasteiger partial charge in [-0.3, -0.25) is 0 Å². The zero-order chi connectivity index (χ0) is 14.7. The van der Waals surface area contributed by atoms with E-state index >= 15 is 0 Å². The van der Waals surface area contributed by atoms with Crippen molar-refractivity contribution < 1.29 is 0 Å². The van der Waals surface area contributed by atoms with E-state index in [0.29, 0.717) is 0 Å². The Morgan fingerprint density at radius 2 is 2.05 bits per heavy atom. The molecule has 1 unspecified atom stereocenters. The maximum Gasteiger partial charge on any atom is 0.158 e. The number of nitrogens with zero attached hydrogens (tertiary/aromatic N) is 3. The zero-order valence-corrected chi connectivity index (χ0v) is 13.1. The normalized spacial score (nSPS) is 12.7. The molecule has 2 aromatic rings. The minimum absolute atomic E-state index is 0.267. The van der Waals surface area contributed by atoms with Crippen LogP contribution in [0, 0.1) is 20.8 Å². The van der Waals surface area contributed by atoms with Crippen LogP contribution in [0.15, 0.2) is 18.3 Å². The van der Waals surface area contributed by atoms with Crippen LogP contribution in [0.25, 0.3) is 5.82 Å². The first-order chi connectivity index (χ1) is 9.56. The molecular weight excluding hydrogens is 248 g/mol. The van der Waals surface area contributed by atoms with Gasteiger partial charge in [-0.1, -0.05) is 13.0 Å². The average Bonchev–Trinajstić information content (AvgIpc) is 2.72. The van der Waals surface area contributed by atoms with Gasteiger partial charge in [0, 0.05) is 23.5 Å². The Bertz CT molecular complexity index is 586. The summed E-state index contributed by atoms with van der Waals surface area (Å²) in [6.07, 6.45) is 2.95. The van der Waals surface area contributed by atoms with E-state index in [9.17, 15) is 0 Å². The molecule has 0 aromatic carbocycles. The van der Waals surface area contributed by atoms with E-state index in [1.807, 2.05) is 23.9 Å². The summed E-state index contributed by atoms with van der Waals surface area (Å²) in [5.74, 6) is 0.928. The number of aryl methyl sites for hydroxylation is 1. The quantitative estimate of drug-likeness (QED) is 0.908.